The van der Waals surface area contributed by atoms with Crippen LogP contribution in [0, 0.1) is 0 Å². The number of piperazine rings is 1. The maximum atomic E-state index is 5.59. The topological polar surface area (TPSA) is 87.1 Å². The lowest BCUT2D eigenvalue weighted by atomic mass is 10.2. The van der Waals surface area contributed by atoms with Crippen molar-refractivity contribution in [3.05, 3.63) is 36.7 Å². The molecule has 1 fully saturated rings. The van der Waals surface area contributed by atoms with Gasteiger partial charge in [0.2, 0.25) is 5.95 Å². The number of hydrogen-bond acceptors (Lipinski definition) is 7. The molecule has 0 spiro atoms. The second-order valence-corrected chi connectivity index (χ2v) is 7.06. The molecule has 0 aliphatic carbocycles. The largest absolute Gasteiger partial charge is 0.493 e. The van der Waals surface area contributed by atoms with E-state index in [0.29, 0.717) is 18.9 Å². The Morgan fingerprint density at radius 3 is 2.50 bits per heavy atom. The summed E-state index contributed by atoms with van der Waals surface area (Å²) in [6.07, 6.45) is 3.58. The minimum absolute atomic E-state index is 0. The highest BCUT2D eigenvalue weighted by molar-refractivity contribution is 14.0. The van der Waals surface area contributed by atoms with Crippen LogP contribution in [-0.2, 0) is 0 Å². The van der Waals surface area contributed by atoms with Crippen LogP contribution in [0.2, 0.25) is 0 Å². The van der Waals surface area contributed by atoms with Gasteiger partial charge in [-0.3, -0.25) is 9.89 Å². The molecular formula is C22H34IN7O2. The summed E-state index contributed by atoms with van der Waals surface area (Å²) in [6.45, 7) is 10.8. The molecule has 3 rings (SSSR count). The van der Waals surface area contributed by atoms with Crippen LogP contribution in [0.15, 0.2) is 41.7 Å². The van der Waals surface area contributed by atoms with E-state index >= 15 is 0 Å². The maximum Gasteiger partial charge on any atom is 0.225 e. The van der Waals surface area contributed by atoms with Gasteiger partial charge in [0.25, 0.3) is 0 Å². The Kier molecular flexibility index (Phi) is 11.3. The zero-order valence-electron chi connectivity index (χ0n) is 19.1. The third-order valence-electron chi connectivity index (χ3n) is 4.96. The SMILES string of the molecule is CCNC(=NCCN1CCN(c2ncccn2)CC1)Nc1ccc(OCC)c(OC)c1.I. The van der Waals surface area contributed by atoms with Gasteiger partial charge in [-0.15, -0.1) is 24.0 Å². The number of nitrogens with one attached hydrogen (secondary N) is 2. The quantitative estimate of drug-likeness (QED) is 0.278. The molecule has 32 heavy (non-hydrogen) atoms. The van der Waals surface area contributed by atoms with Gasteiger partial charge in [-0.2, -0.15) is 0 Å². The van der Waals surface area contributed by atoms with E-state index in [-0.39, 0.29) is 24.0 Å². The van der Waals surface area contributed by atoms with Gasteiger partial charge in [0.1, 0.15) is 0 Å². The normalized spacial score (nSPS) is 14.5. The van der Waals surface area contributed by atoms with Crippen molar-refractivity contribution in [2.24, 2.45) is 4.99 Å². The molecule has 10 heteroatoms. The lowest BCUT2D eigenvalue weighted by Gasteiger charge is -2.34. The molecule has 0 bridgehead atoms. The number of guanidine groups is 1. The van der Waals surface area contributed by atoms with E-state index in [1.54, 1.807) is 19.5 Å². The molecule has 2 aromatic rings. The Morgan fingerprint density at radius 1 is 1.09 bits per heavy atom. The minimum Gasteiger partial charge on any atom is -0.493 e. The van der Waals surface area contributed by atoms with Crippen LogP contribution in [0.1, 0.15) is 13.8 Å². The number of methoxy groups -OCH3 is 1. The van der Waals surface area contributed by atoms with E-state index in [1.165, 1.54) is 0 Å². The average Bonchev–Trinajstić information content (AvgIpc) is 2.81. The van der Waals surface area contributed by atoms with Crippen molar-refractivity contribution in [3.8, 4) is 11.5 Å². The molecule has 9 nitrogen and oxygen atoms in total. The highest BCUT2D eigenvalue weighted by atomic mass is 127. The van der Waals surface area contributed by atoms with E-state index in [1.807, 2.05) is 31.2 Å². The number of aromatic nitrogens is 2. The van der Waals surface area contributed by atoms with Crippen molar-refractivity contribution in [1.29, 1.82) is 0 Å². The van der Waals surface area contributed by atoms with Crippen molar-refractivity contribution in [2.75, 3.05) is 69.7 Å². The van der Waals surface area contributed by atoms with Gasteiger partial charge in [0.15, 0.2) is 17.5 Å². The summed E-state index contributed by atoms with van der Waals surface area (Å²) in [5.41, 5.74) is 0.900. The van der Waals surface area contributed by atoms with Crippen molar-refractivity contribution in [2.45, 2.75) is 13.8 Å². The van der Waals surface area contributed by atoms with Crippen LogP contribution < -0.4 is 25.0 Å². The summed E-state index contributed by atoms with van der Waals surface area (Å²) in [6, 6.07) is 7.63. The number of halogens is 1. The van der Waals surface area contributed by atoms with Gasteiger partial charge in [0, 0.05) is 63.4 Å². The number of nitrogens with zero attached hydrogens (tertiary/aromatic N) is 5. The van der Waals surface area contributed by atoms with Crippen molar-refractivity contribution in [1.82, 2.24) is 20.2 Å². The minimum atomic E-state index is 0. The molecule has 0 atom stereocenters. The molecule has 2 heterocycles. The van der Waals surface area contributed by atoms with Gasteiger partial charge in [-0.25, -0.2) is 9.97 Å². The van der Waals surface area contributed by atoms with Gasteiger partial charge in [0.05, 0.1) is 20.3 Å². The van der Waals surface area contributed by atoms with Gasteiger partial charge >= 0.3 is 0 Å². The van der Waals surface area contributed by atoms with E-state index in [4.69, 9.17) is 14.5 Å². The third-order valence-corrected chi connectivity index (χ3v) is 4.96. The first-order valence-corrected chi connectivity index (χ1v) is 10.8. The molecule has 1 aromatic heterocycles. The third kappa shape index (κ3) is 7.66. The van der Waals surface area contributed by atoms with E-state index < -0.39 is 0 Å². The van der Waals surface area contributed by atoms with E-state index in [9.17, 15) is 0 Å². The maximum absolute atomic E-state index is 5.59. The summed E-state index contributed by atoms with van der Waals surface area (Å²) in [5.74, 6) is 3.00. The molecule has 1 aromatic carbocycles. The molecule has 0 unspecified atom stereocenters. The molecule has 0 radical (unpaired) electrons. The summed E-state index contributed by atoms with van der Waals surface area (Å²) in [5, 5.41) is 6.65. The fourth-order valence-electron chi connectivity index (χ4n) is 3.39. The van der Waals surface area contributed by atoms with Crippen molar-refractivity contribution < 1.29 is 9.47 Å². The van der Waals surface area contributed by atoms with Crippen LogP contribution in [0.5, 0.6) is 11.5 Å². The lowest BCUT2D eigenvalue weighted by molar-refractivity contribution is 0.264. The second kappa shape index (κ2) is 13.9. The molecule has 1 aliphatic rings. The monoisotopic (exact) mass is 555 g/mol. The molecule has 176 valence electrons. The molecule has 1 aliphatic heterocycles. The highest BCUT2D eigenvalue weighted by Crippen LogP contribution is 2.30. The Hall–Kier alpha value is -2.34. The Bertz CT molecular complexity index is 830. The molecule has 0 amide bonds. The van der Waals surface area contributed by atoms with Crippen LogP contribution in [-0.4, -0.2) is 80.4 Å². The number of hydrogen-bond donors (Lipinski definition) is 2. The van der Waals surface area contributed by atoms with Gasteiger partial charge in [-0.05, 0) is 32.0 Å². The first-order valence-electron chi connectivity index (χ1n) is 10.8. The molecular weight excluding hydrogens is 521 g/mol. The fourth-order valence-corrected chi connectivity index (χ4v) is 3.39. The molecule has 2 N–H and O–H groups in total. The van der Waals surface area contributed by atoms with Gasteiger partial charge < -0.3 is 25.0 Å². The standard InChI is InChI=1S/C22H33N7O2.HI/c1-4-23-21(27-18-7-8-19(31-5-2)20(17-18)30-3)24-11-12-28-13-15-29(16-14-28)22-25-9-6-10-26-22;/h6-10,17H,4-5,11-16H2,1-3H3,(H2,23,24,27);1H. The number of aliphatic imine (C=N–C) groups is 1. The number of ether oxygens (including phenoxy) is 2. The Labute approximate surface area is 207 Å². The smallest absolute Gasteiger partial charge is 0.225 e. The predicted octanol–water partition coefficient (Wildman–Crippen LogP) is 2.70. The first-order chi connectivity index (χ1) is 15.2. The summed E-state index contributed by atoms with van der Waals surface area (Å²) >= 11 is 0. The van der Waals surface area contributed by atoms with E-state index in [2.05, 4.69) is 37.3 Å². The van der Waals surface area contributed by atoms with Crippen LogP contribution in [0.4, 0.5) is 11.6 Å². The highest BCUT2D eigenvalue weighted by Gasteiger charge is 2.18. The predicted molar refractivity (Wildman–Crippen MR) is 140 cm³/mol. The Morgan fingerprint density at radius 2 is 1.84 bits per heavy atom. The van der Waals surface area contributed by atoms with Crippen LogP contribution >= 0.6 is 24.0 Å². The summed E-state index contributed by atoms with van der Waals surface area (Å²) < 4.78 is 11.0. The second-order valence-electron chi connectivity index (χ2n) is 7.06. The van der Waals surface area contributed by atoms with Crippen molar-refractivity contribution >= 4 is 41.6 Å². The van der Waals surface area contributed by atoms with Crippen molar-refractivity contribution in [3.63, 3.8) is 0 Å². The average molecular weight is 555 g/mol. The van der Waals surface area contributed by atoms with Crippen LogP contribution in [0.3, 0.4) is 0 Å². The molecule has 0 saturated carbocycles. The number of rotatable bonds is 9. The van der Waals surface area contributed by atoms with Gasteiger partial charge in [-0.1, -0.05) is 0 Å². The summed E-state index contributed by atoms with van der Waals surface area (Å²) in [7, 11) is 1.64. The Balaban J connectivity index is 0.00000363. The number of anilines is 2. The first kappa shape index (κ1) is 25.9. The number of benzene rings is 1. The fraction of sp³-hybridized carbons (Fsp3) is 0.500. The van der Waals surface area contributed by atoms with Crippen LogP contribution in [0.25, 0.3) is 0 Å². The summed E-state index contributed by atoms with van der Waals surface area (Å²) in [4.78, 5) is 18.1. The van der Waals surface area contributed by atoms with E-state index in [0.717, 1.165) is 62.6 Å². The molecule has 1 saturated heterocycles. The zero-order chi connectivity index (χ0) is 21.9. The zero-order valence-corrected chi connectivity index (χ0v) is 21.4. The lowest BCUT2D eigenvalue weighted by Crippen LogP contribution is -2.47.